The number of carbonyl (C=O) groups is 2. The lowest BCUT2D eigenvalue weighted by molar-refractivity contribution is 0.0679. The molecule has 0 spiro atoms. The Bertz CT molecular complexity index is 928. The Morgan fingerprint density at radius 3 is 2.73 bits per heavy atom. The van der Waals surface area contributed by atoms with Crippen molar-refractivity contribution in [2.45, 2.75) is 19.4 Å². The normalized spacial score (nSPS) is 16.2. The van der Waals surface area contributed by atoms with Crippen LogP contribution < -0.4 is 5.32 Å². The minimum absolute atomic E-state index is 0.0123. The van der Waals surface area contributed by atoms with Crippen LogP contribution in [0.3, 0.4) is 0 Å². The average Bonchev–Trinajstić information content (AvgIpc) is 3.34. The van der Waals surface area contributed by atoms with Gasteiger partial charge in [0.2, 0.25) is 0 Å². The Kier molecular flexibility index (Phi) is 4.34. The van der Waals surface area contributed by atoms with Gasteiger partial charge in [0.1, 0.15) is 0 Å². The molecule has 1 aliphatic rings. The molecule has 1 aliphatic heterocycles. The summed E-state index contributed by atoms with van der Waals surface area (Å²) in [7, 11) is 0. The maximum absolute atomic E-state index is 12.9. The number of nitrogens with zero attached hydrogens (tertiary/aromatic N) is 1. The summed E-state index contributed by atoms with van der Waals surface area (Å²) >= 11 is 1.76. The molecule has 2 amide bonds. The van der Waals surface area contributed by atoms with Gasteiger partial charge in [0.25, 0.3) is 11.8 Å². The van der Waals surface area contributed by atoms with Crippen LogP contribution in [-0.4, -0.2) is 23.3 Å². The third-order valence-corrected chi connectivity index (χ3v) is 5.67. The van der Waals surface area contributed by atoms with E-state index in [1.807, 2.05) is 4.90 Å². The van der Waals surface area contributed by atoms with Gasteiger partial charge in [0, 0.05) is 22.7 Å². The molecule has 4 rings (SSSR count). The monoisotopic (exact) mass is 366 g/mol. The molecule has 0 radical (unpaired) electrons. The van der Waals surface area contributed by atoms with Gasteiger partial charge in [-0.2, -0.15) is 0 Å². The first-order valence-electron chi connectivity index (χ1n) is 8.45. The summed E-state index contributed by atoms with van der Waals surface area (Å²) in [6.07, 6.45) is 2.36. The number of hydrogen-bond donors (Lipinski definition) is 1. The highest BCUT2D eigenvalue weighted by atomic mass is 32.1. The Labute approximate surface area is 155 Å². The van der Waals surface area contributed by atoms with Crippen LogP contribution in [0, 0.1) is 0 Å². The number of rotatable bonds is 3. The largest absolute Gasteiger partial charge is 0.459 e. The Hall–Kier alpha value is -2.86. The number of amides is 2. The highest BCUT2D eigenvalue weighted by Crippen LogP contribution is 2.33. The average molecular weight is 366 g/mol. The number of anilines is 1. The zero-order chi connectivity index (χ0) is 18.1. The molecule has 1 atom stereocenters. The second kappa shape index (κ2) is 6.80. The maximum atomic E-state index is 12.9. The molecule has 132 valence electrons. The van der Waals surface area contributed by atoms with Gasteiger partial charge in [0.15, 0.2) is 5.76 Å². The van der Waals surface area contributed by atoms with Crippen molar-refractivity contribution in [1.29, 1.82) is 0 Å². The van der Waals surface area contributed by atoms with E-state index >= 15 is 0 Å². The summed E-state index contributed by atoms with van der Waals surface area (Å²) < 4.78 is 5.07. The van der Waals surface area contributed by atoms with E-state index in [1.165, 1.54) is 16.7 Å². The van der Waals surface area contributed by atoms with Gasteiger partial charge < -0.3 is 14.6 Å². The molecular formula is C20H18N2O3S. The van der Waals surface area contributed by atoms with Crippen LogP contribution in [0.1, 0.15) is 44.3 Å². The minimum atomic E-state index is -0.316. The van der Waals surface area contributed by atoms with Crippen LogP contribution in [0.5, 0.6) is 0 Å². The van der Waals surface area contributed by atoms with Gasteiger partial charge in [-0.3, -0.25) is 9.59 Å². The molecule has 0 fully saturated rings. The lowest BCUT2D eigenvalue weighted by Crippen LogP contribution is -2.38. The lowest BCUT2D eigenvalue weighted by atomic mass is 10.0. The fourth-order valence-corrected chi connectivity index (χ4v) is 4.21. The number of furan rings is 1. The Morgan fingerprint density at radius 2 is 2.00 bits per heavy atom. The van der Waals surface area contributed by atoms with E-state index in [9.17, 15) is 9.59 Å². The summed E-state index contributed by atoms with van der Waals surface area (Å²) in [4.78, 5) is 28.2. The van der Waals surface area contributed by atoms with Crippen molar-refractivity contribution in [3.8, 4) is 0 Å². The number of thiophene rings is 1. The van der Waals surface area contributed by atoms with E-state index in [2.05, 4.69) is 23.7 Å². The van der Waals surface area contributed by atoms with Crippen molar-refractivity contribution < 1.29 is 14.0 Å². The third kappa shape index (κ3) is 3.04. The van der Waals surface area contributed by atoms with Crippen LogP contribution in [-0.2, 0) is 6.42 Å². The van der Waals surface area contributed by atoms with Gasteiger partial charge in [-0.25, -0.2) is 0 Å². The second-order valence-electron chi connectivity index (χ2n) is 6.23. The molecule has 3 aromatic rings. The van der Waals surface area contributed by atoms with Crippen LogP contribution >= 0.6 is 11.3 Å². The molecular weight excluding hydrogens is 348 g/mol. The fourth-order valence-electron chi connectivity index (χ4n) is 3.25. The van der Waals surface area contributed by atoms with Gasteiger partial charge in [0.05, 0.1) is 12.3 Å². The zero-order valence-corrected chi connectivity index (χ0v) is 15.1. The molecule has 1 aromatic carbocycles. The van der Waals surface area contributed by atoms with Crippen molar-refractivity contribution >= 4 is 28.8 Å². The summed E-state index contributed by atoms with van der Waals surface area (Å²) in [5.41, 5.74) is 2.48. The molecule has 0 saturated carbocycles. The molecule has 5 nitrogen and oxygen atoms in total. The van der Waals surface area contributed by atoms with Gasteiger partial charge in [-0.05, 0) is 66.8 Å². The Balaban J connectivity index is 1.47. The molecule has 3 heterocycles. The second-order valence-corrected chi connectivity index (χ2v) is 7.23. The van der Waals surface area contributed by atoms with Crippen molar-refractivity contribution in [3.63, 3.8) is 0 Å². The van der Waals surface area contributed by atoms with Crippen molar-refractivity contribution in [1.82, 2.24) is 4.90 Å². The molecule has 26 heavy (non-hydrogen) atoms. The maximum Gasteiger partial charge on any atom is 0.291 e. The van der Waals surface area contributed by atoms with E-state index in [1.54, 1.807) is 47.7 Å². The van der Waals surface area contributed by atoms with Crippen molar-refractivity contribution in [2.24, 2.45) is 0 Å². The highest BCUT2D eigenvalue weighted by molar-refractivity contribution is 7.10. The van der Waals surface area contributed by atoms with Gasteiger partial charge in [-0.15, -0.1) is 11.3 Å². The fraction of sp³-hybridized carbons (Fsp3) is 0.200. The van der Waals surface area contributed by atoms with Crippen LogP contribution in [0.25, 0.3) is 0 Å². The smallest absolute Gasteiger partial charge is 0.291 e. The van der Waals surface area contributed by atoms with Gasteiger partial charge >= 0.3 is 0 Å². The molecule has 6 heteroatoms. The van der Waals surface area contributed by atoms with Crippen LogP contribution in [0.2, 0.25) is 0 Å². The molecule has 0 bridgehead atoms. The minimum Gasteiger partial charge on any atom is -0.459 e. The molecule has 0 aliphatic carbocycles. The first kappa shape index (κ1) is 16.6. The molecule has 0 saturated heterocycles. The van der Waals surface area contributed by atoms with E-state index in [0.717, 1.165) is 13.0 Å². The topological polar surface area (TPSA) is 62.6 Å². The SMILES string of the molecule is CC1c2ccsc2CCN1C(=O)c1ccc(NC(=O)c2ccco2)cc1. The predicted octanol–water partition coefficient (Wildman–Crippen LogP) is 4.35. The number of fused-ring (bicyclic) bond motifs is 1. The number of carbonyl (C=O) groups excluding carboxylic acids is 2. The standard InChI is InChI=1S/C20H18N2O3S/c1-13-16-9-12-26-18(16)8-10-22(13)20(24)14-4-6-15(7-5-14)21-19(23)17-3-2-11-25-17/h2-7,9,11-13H,8,10H2,1H3,(H,21,23). The summed E-state index contributed by atoms with van der Waals surface area (Å²) in [5, 5.41) is 4.84. The zero-order valence-electron chi connectivity index (χ0n) is 14.3. The van der Waals surface area contributed by atoms with Crippen LogP contribution in [0.15, 0.2) is 58.5 Å². The van der Waals surface area contributed by atoms with E-state index < -0.39 is 0 Å². The number of nitrogens with one attached hydrogen (secondary N) is 1. The first-order valence-corrected chi connectivity index (χ1v) is 9.33. The first-order chi connectivity index (χ1) is 12.6. The van der Waals surface area contributed by atoms with Crippen molar-refractivity contribution in [2.75, 3.05) is 11.9 Å². The highest BCUT2D eigenvalue weighted by Gasteiger charge is 2.28. The molecule has 1 N–H and O–H groups in total. The van der Waals surface area contributed by atoms with Gasteiger partial charge in [-0.1, -0.05) is 0 Å². The summed E-state index contributed by atoms with van der Waals surface area (Å²) in [6, 6.07) is 12.4. The summed E-state index contributed by atoms with van der Waals surface area (Å²) in [6.45, 7) is 2.80. The third-order valence-electron chi connectivity index (χ3n) is 4.67. The number of hydrogen-bond acceptors (Lipinski definition) is 4. The lowest BCUT2D eigenvalue weighted by Gasteiger charge is -2.33. The Morgan fingerprint density at radius 1 is 1.19 bits per heavy atom. The molecule has 2 aromatic heterocycles. The van der Waals surface area contributed by atoms with Crippen LogP contribution in [0.4, 0.5) is 5.69 Å². The predicted molar refractivity (Wildman–Crippen MR) is 101 cm³/mol. The summed E-state index contributed by atoms with van der Waals surface area (Å²) in [5.74, 6) is -0.0548. The number of benzene rings is 1. The molecule has 1 unspecified atom stereocenters. The quantitative estimate of drug-likeness (QED) is 0.749. The van der Waals surface area contributed by atoms with E-state index in [0.29, 0.717) is 11.3 Å². The van der Waals surface area contributed by atoms with Crippen molar-refractivity contribution in [3.05, 3.63) is 75.9 Å². The van der Waals surface area contributed by atoms with E-state index in [-0.39, 0.29) is 23.6 Å². The van der Waals surface area contributed by atoms with E-state index in [4.69, 9.17) is 4.42 Å².